The lowest BCUT2D eigenvalue weighted by Gasteiger charge is -2.18. The van der Waals surface area contributed by atoms with Gasteiger partial charge in [0.05, 0.1) is 0 Å². The Morgan fingerprint density at radius 1 is 0.339 bits per heavy atom. The van der Waals surface area contributed by atoms with Gasteiger partial charge in [-0.2, -0.15) is 0 Å². The van der Waals surface area contributed by atoms with E-state index in [9.17, 15) is 14.4 Å². The van der Waals surface area contributed by atoms with Crippen LogP contribution >= 0.6 is 0 Å². The van der Waals surface area contributed by atoms with Gasteiger partial charge < -0.3 is 14.2 Å². The zero-order chi connectivity index (χ0) is 45.1. The number of carbonyl (C=O) groups is 3. The fraction of sp³-hybridized carbons (Fsp3) is 0.589. The minimum absolute atomic E-state index is 0.118. The summed E-state index contributed by atoms with van der Waals surface area (Å²) >= 11 is 0. The summed E-state index contributed by atoms with van der Waals surface area (Å²) in [5, 5.41) is 0. The molecule has 6 nitrogen and oxygen atoms in total. The third-order valence-corrected chi connectivity index (χ3v) is 9.73. The van der Waals surface area contributed by atoms with Crippen LogP contribution in [0.3, 0.4) is 0 Å². The summed E-state index contributed by atoms with van der Waals surface area (Å²) < 4.78 is 16.6. The lowest BCUT2D eigenvalue weighted by molar-refractivity contribution is -0.166. The van der Waals surface area contributed by atoms with Crippen molar-refractivity contribution < 1.29 is 28.6 Å². The highest BCUT2D eigenvalue weighted by Crippen LogP contribution is 2.12. The quantitative estimate of drug-likeness (QED) is 0.0263. The Balaban J connectivity index is 4.42. The molecule has 0 aromatic rings. The van der Waals surface area contributed by atoms with E-state index in [0.717, 1.165) is 116 Å². The second kappa shape index (κ2) is 49.5. The van der Waals surface area contributed by atoms with E-state index in [1.807, 2.05) is 12.2 Å². The predicted molar refractivity (Wildman–Crippen MR) is 265 cm³/mol. The lowest BCUT2D eigenvalue weighted by Crippen LogP contribution is -2.30. The number of allylic oxidation sites excluding steroid dienone is 20. The van der Waals surface area contributed by atoms with Crippen molar-refractivity contribution in [1.29, 1.82) is 0 Å². The first-order valence-corrected chi connectivity index (χ1v) is 24.5. The number of ether oxygens (including phenoxy) is 3. The summed E-state index contributed by atoms with van der Waals surface area (Å²) in [5.41, 5.74) is 0. The molecule has 0 radical (unpaired) electrons. The van der Waals surface area contributed by atoms with Gasteiger partial charge in [0.2, 0.25) is 0 Å². The van der Waals surface area contributed by atoms with Crippen LogP contribution in [0.2, 0.25) is 0 Å². The molecule has 62 heavy (non-hydrogen) atoms. The molecule has 0 spiro atoms. The van der Waals surface area contributed by atoms with Crippen molar-refractivity contribution in [2.45, 2.75) is 200 Å². The molecule has 0 rings (SSSR count). The topological polar surface area (TPSA) is 78.9 Å². The molecule has 0 aliphatic carbocycles. The minimum Gasteiger partial charge on any atom is -0.462 e. The van der Waals surface area contributed by atoms with Crippen LogP contribution < -0.4 is 0 Å². The fourth-order valence-electron chi connectivity index (χ4n) is 6.10. The SMILES string of the molecule is CC/C=C\C/C=C\C/C=C\C/C=C\C/C=C\C/C=C\CCCCCCC(=O)OCC(COC(=O)CCCCCCCCCC)OC(=O)CC/C=C\C/C=C\C/C=C\C/C=C\CC. The monoisotopic (exact) mass is 857 g/mol. The molecule has 0 aromatic heterocycles. The number of carbonyl (C=O) groups excluding carboxylic acids is 3. The highest BCUT2D eigenvalue weighted by atomic mass is 16.6. The van der Waals surface area contributed by atoms with Gasteiger partial charge in [0.15, 0.2) is 6.10 Å². The van der Waals surface area contributed by atoms with Crippen LogP contribution in [0.4, 0.5) is 0 Å². The van der Waals surface area contributed by atoms with Crippen molar-refractivity contribution >= 4 is 17.9 Å². The average Bonchev–Trinajstić information content (AvgIpc) is 3.27. The molecule has 0 aliphatic heterocycles. The molecule has 0 bridgehead atoms. The molecular weight excluding hydrogens is 769 g/mol. The molecule has 0 saturated carbocycles. The highest BCUT2D eigenvalue weighted by molar-refractivity contribution is 5.71. The second-order valence-electron chi connectivity index (χ2n) is 15.6. The maximum absolute atomic E-state index is 12.7. The van der Waals surface area contributed by atoms with Crippen LogP contribution in [-0.4, -0.2) is 37.2 Å². The molecule has 1 atom stereocenters. The zero-order valence-corrected chi connectivity index (χ0v) is 39.6. The van der Waals surface area contributed by atoms with E-state index in [1.165, 1.54) is 32.1 Å². The van der Waals surface area contributed by atoms with Crippen LogP contribution in [0.5, 0.6) is 0 Å². The summed E-state index contributed by atoms with van der Waals surface area (Å²) in [6.45, 7) is 6.26. The van der Waals surface area contributed by atoms with Crippen LogP contribution in [0.1, 0.15) is 194 Å². The fourth-order valence-corrected chi connectivity index (χ4v) is 6.10. The highest BCUT2D eigenvalue weighted by Gasteiger charge is 2.19. The first-order chi connectivity index (χ1) is 30.5. The molecule has 1 unspecified atom stereocenters. The van der Waals surface area contributed by atoms with Gasteiger partial charge in [0, 0.05) is 19.3 Å². The van der Waals surface area contributed by atoms with Gasteiger partial charge in [0.1, 0.15) is 13.2 Å². The molecule has 0 heterocycles. The Labute approximate surface area is 380 Å². The summed E-state index contributed by atoms with van der Waals surface area (Å²) in [4.78, 5) is 37.7. The maximum atomic E-state index is 12.7. The van der Waals surface area contributed by atoms with Gasteiger partial charge in [-0.3, -0.25) is 14.4 Å². The predicted octanol–water partition coefficient (Wildman–Crippen LogP) is 16.1. The summed E-state index contributed by atoms with van der Waals surface area (Å²) in [6.07, 6.45) is 67.8. The van der Waals surface area contributed by atoms with Crippen LogP contribution in [0.15, 0.2) is 122 Å². The largest absolute Gasteiger partial charge is 0.462 e. The van der Waals surface area contributed by atoms with E-state index in [1.54, 1.807) is 0 Å². The van der Waals surface area contributed by atoms with Crippen LogP contribution in [-0.2, 0) is 28.6 Å². The molecule has 0 saturated heterocycles. The Morgan fingerprint density at radius 2 is 0.661 bits per heavy atom. The Kier molecular flexibility index (Phi) is 46.1. The first-order valence-electron chi connectivity index (χ1n) is 24.5. The van der Waals surface area contributed by atoms with E-state index in [4.69, 9.17) is 14.2 Å². The first kappa shape index (κ1) is 57.8. The standard InChI is InChI=1S/C56H88O6/c1-4-7-10-13-16-19-21-23-24-25-26-27-28-29-30-31-32-34-35-37-40-43-46-49-55(58)61-52-53(51-60-54(57)48-45-42-39-18-15-12-9-6-3)62-56(59)50-47-44-41-38-36-33-22-20-17-14-11-8-5-2/h7-8,10-11,16-17,19-20,23-24,26-27,29-30,32-34,36,41,44,53H,4-6,9,12-15,18,21-22,25,28,31,35,37-40,42-43,45-52H2,1-3H3/b10-7-,11-8-,19-16-,20-17-,24-23-,27-26-,30-29-,34-32-,36-33-,44-41-. The molecule has 0 fully saturated rings. The molecule has 0 amide bonds. The number of unbranched alkanes of at least 4 members (excludes halogenated alkanes) is 11. The summed E-state index contributed by atoms with van der Waals surface area (Å²) in [5.74, 6) is -1.04. The Bertz CT molecular complexity index is 1350. The van der Waals surface area contributed by atoms with E-state index < -0.39 is 12.1 Å². The molecule has 0 N–H and O–H groups in total. The van der Waals surface area contributed by atoms with Crippen LogP contribution in [0, 0.1) is 0 Å². The Morgan fingerprint density at radius 3 is 1.05 bits per heavy atom. The van der Waals surface area contributed by atoms with Gasteiger partial charge in [-0.15, -0.1) is 0 Å². The third-order valence-electron chi connectivity index (χ3n) is 9.73. The van der Waals surface area contributed by atoms with Crippen molar-refractivity contribution in [2.75, 3.05) is 13.2 Å². The summed E-state index contributed by atoms with van der Waals surface area (Å²) in [7, 11) is 0. The molecular formula is C56H88O6. The summed E-state index contributed by atoms with van der Waals surface area (Å²) in [6, 6.07) is 0. The van der Waals surface area contributed by atoms with E-state index in [2.05, 4.69) is 130 Å². The third kappa shape index (κ3) is 46.9. The number of esters is 3. The van der Waals surface area contributed by atoms with Crippen molar-refractivity contribution in [3.05, 3.63) is 122 Å². The van der Waals surface area contributed by atoms with E-state index >= 15 is 0 Å². The Hall–Kier alpha value is -4.19. The van der Waals surface area contributed by atoms with Gasteiger partial charge >= 0.3 is 17.9 Å². The molecule has 0 aromatic carbocycles. The van der Waals surface area contributed by atoms with Gasteiger partial charge in [-0.1, -0.05) is 200 Å². The zero-order valence-electron chi connectivity index (χ0n) is 39.6. The average molecular weight is 857 g/mol. The number of hydrogen-bond donors (Lipinski definition) is 0. The number of hydrogen-bond acceptors (Lipinski definition) is 6. The molecule has 6 heteroatoms. The van der Waals surface area contributed by atoms with Gasteiger partial charge in [-0.25, -0.2) is 0 Å². The van der Waals surface area contributed by atoms with Gasteiger partial charge in [-0.05, 0) is 96.3 Å². The maximum Gasteiger partial charge on any atom is 0.306 e. The number of rotatable bonds is 42. The van der Waals surface area contributed by atoms with Gasteiger partial charge in [0.25, 0.3) is 0 Å². The van der Waals surface area contributed by atoms with Crippen LogP contribution in [0.25, 0.3) is 0 Å². The van der Waals surface area contributed by atoms with Crippen molar-refractivity contribution in [1.82, 2.24) is 0 Å². The normalized spacial score (nSPS) is 13.1. The van der Waals surface area contributed by atoms with E-state index in [0.29, 0.717) is 19.3 Å². The molecule has 348 valence electrons. The van der Waals surface area contributed by atoms with E-state index in [-0.39, 0.29) is 31.6 Å². The lowest BCUT2D eigenvalue weighted by atomic mass is 10.1. The van der Waals surface area contributed by atoms with Crippen molar-refractivity contribution in [3.63, 3.8) is 0 Å². The smallest absolute Gasteiger partial charge is 0.306 e. The molecule has 0 aliphatic rings. The minimum atomic E-state index is -0.826. The van der Waals surface area contributed by atoms with Crippen molar-refractivity contribution in [2.24, 2.45) is 0 Å². The second-order valence-corrected chi connectivity index (χ2v) is 15.6. The van der Waals surface area contributed by atoms with Crippen molar-refractivity contribution in [3.8, 4) is 0 Å².